The Morgan fingerprint density at radius 3 is 2.50 bits per heavy atom. The van der Waals surface area contributed by atoms with Gasteiger partial charge in [-0.1, -0.05) is 12.8 Å². The van der Waals surface area contributed by atoms with Crippen molar-refractivity contribution in [2.45, 2.75) is 43.1 Å². The van der Waals surface area contributed by atoms with Crippen LogP contribution < -0.4 is 0 Å². The first-order chi connectivity index (χ1) is 6.62. The summed E-state index contributed by atoms with van der Waals surface area (Å²) in [4.78, 5) is 10.3. The highest BCUT2D eigenvalue weighted by Gasteiger charge is 2.29. The van der Waals surface area contributed by atoms with Crippen LogP contribution in [0.4, 0.5) is 0 Å². The van der Waals surface area contributed by atoms with Crippen LogP contribution in [0.1, 0.15) is 39.0 Å². The van der Waals surface area contributed by atoms with E-state index in [1.54, 1.807) is 0 Å². The number of hydrogen-bond acceptors (Lipinski definition) is 3. The molecule has 0 aromatic carbocycles. The van der Waals surface area contributed by atoms with E-state index >= 15 is 0 Å². The number of carboxylic acids is 1. The van der Waals surface area contributed by atoms with E-state index in [1.807, 2.05) is 0 Å². The quantitative estimate of drug-likeness (QED) is 0.716. The molecule has 1 saturated heterocycles. The first-order valence-electron chi connectivity index (χ1n) is 5.12. The highest BCUT2D eigenvalue weighted by Crippen LogP contribution is 2.46. The third-order valence-corrected chi connectivity index (χ3v) is 5.83. The Morgan fingerprint density at radius 1 is 1.29 bits per heavy atom. The summed E-state index contributed by atoms with van der Waals surface area (Å²) in [5.41, 5.74) is 0. The summed E-state index contributed by atoms with van der Waals surface area (Å²) >= 11 is 4.11. The van der Waals surface area contributed by atoms with Crippen molar-refractivity contribution in [2.24, 2.45) is 0 Å². The molecule has 0 saturated carbocycles. The van der Waals surface area contributed by atoms with Gasteiger partial charge >= 0.3 is 5.97 Å². The van der Waals surface area contributed by atoms with Crippen molar-refractivity contribution in [1.82, 2.24) is 0 Å². The van der Waals surface area contributed by atoms with Crippen LogP contribution in [-0.2, 0) is 4.79 Å². The number of aliphatic carboxylic acids is 1. The summed E-state index contributed by atoms with van der Waals surface area (Å²) in [5.74, 6) is 1.88. The molecule has 1 rings (SSSR count). The molecule has 0 aromatic rings. The summed E-state index contributed by atoms with van der Waals surface area (Å²) in [6.45, 7) is 2.31. The second kappa shape index (κ2) is 5.91. The molecule has 0 aliphatic carbocycles. The van der Waals surface area contributed by atoms with Crippen molar-refractivity contribution in [1.29, 1.82) is 0 Å². The minimum atomic E-state index is -0.666. The highest BCUT2D eigenvalue weighted by molar-refractivity contribution is 8.21. The van der Waals surface area contributed by atoms with Gasteiger partial charge in [0.15, 0.2) is 0 Å². The summed E-state index contributed by atoms with van der Waals surface area (Å²) in [5, 5.41) is 8.47. The molecule has 0 bridgehead atoms. The lowest BCUT2D eigenvalue weighted by atomic mass is 10.1. The Labute approximate surface area is 94.2 Å². The average Bonchev–Trinajstić information content (AvgIpc) is 2.51. The van der Waals surface area contributed by atoms with Crippen LogP contribution >= 0.6 is 23.5 Å². The summed E-state index contributed by atoms with van der Waals surface area (Å²) in [6, 6.07) is 0. The Morgan fingerprint density at radius 2 is 1.93 bits per heavy atom. The molecule has 1 fully saturated rings. The predicted molar refractivity (Wildman–Crippen MR) is 64.0 cm³/mol. The molecule has 1 N–H and O–H groups in total. The fraction of sp³-hybridized carbons (Fsp3) is 0.900. The summed E-state index contributed by atoms with van der Waals surface area (Å²) in [7, 11) is 0. The van der Waals surface area contributed by atoms with Gasteiger partial charge in [0.25, 0.3) is 0 Å². The van der Waals surface area contributed by atoms with E-state index in [9.17, 15) is 4.79 Å². The minimum Gasteiger partial charge on any atom is -0.481 e. The monoisotopic (exact) mass is 234 g/mol. The van der Waals surface area contributed by atoms with E-state index in [2.05, 4.69) is 30.4 Å². The van der Waals surface area contributed by atoms with Crippen LogP contribution in [0.5, 0.6) is 0 Å². The van der Waals surface area contributed by atoms with Gasteiger partial charge in [-0.3, -0.25) is 4.79 Å². The van der Waals surface area contributed by atoms with Crippen LogP contribution in [0.2, 0.25) is 0 Å². The van der Waals surface area contributed by atoms with Gasteiger partial charge in [0.2, 0.25) is 0 Å². The van der Waals surface area contributed by atoms with Gasteiger partial charge in [-0.25, -0.2) is 0 Å². The molecule has 0 atom stereocenters. The molecular formula is C10H18O2S2. The molecule has 0 unspecified atom stereocenters. The van der Waals surface area contributed by atoms with E-state index in [-0.39, 0.29) is 0 Å². The van der Waals surface area contributed by atoms with Crippen LogP contribution in [-0.4, -0.2) is 26.7 Å². The molecule has 0 amide bonds. The van der Waals surface area contributed by atoms with E-state index in [0.717, 1.165) is 12.8 Å². The van der Waals surface area contributed by atoms with Crippen molar-refractivity contribution < 1.29 is 9.90 Å². The Balaban J connectivity index is 2.00. The first kappa shape index (κ1) is 12.2. The second-order valence-corrected chi connectivity index (χ2v) is 7.24. The zero-order valence-electron chi connectivity index (χ0n) is 8.62. The van der Waals surface area contributed by atoms with Gasteiger partial charge < -0.3 is 5.11 Å². The van der Waals surface area contributed by atoms with E-state index in [4.69, 9.17) is 5.11 Å². The summed E-state index contributed by atoms with van der Waals surface area (Å²) in [6.07, 6.45) is 4.62. The van der Waals surface area contributed by atoms with E-state index in [0.29, 0.717) is 10.5 Å². The number of carbonyl (C=O) groups is 1. The third-order valence-electron chi connectivity index (χ3n) is 2.42. The normalized spacial score (nSPS) is 19.8. The maximum Gasteiger partial charge on any atom is 0.303 e. The zero-order valence-corrected chi connectivity index (χ0v) is 10.3. The van der Waals surface area contributed by atoms with Gasteiger partial charge in [-0.15, -0.1) is 23.5 Å². The molecule has 0 radical (unpaired) electrons. The molecule has 0 aromatic heterocycles. The predicted octanol–water partition coefficient (Wildman–Crippen LogP) is 3.22. The smallest absolute Gasteiger partial charge is 0.303 e. The van der Waals surface area contributed by atoms with Crippen LogP contribution in [0.25, 0.3) is 0 Å². The number of rotatable bonds is 6. The lowest BCUT2D eigenvalue weighted by Crippen LogP contribution is -2.10. The molecule has 0 spiro atoms. The topological polar surface area (TPSA) is 37.3 Å². The van der Waals surface area contributed by atoms with Gasteiger partial charge in [0.05, 0.1) is 4.08 Å². The zero-order chi connectivity index (χ0) is 10.4. The molecule has 2 nitrogen and oxygen atoms in total. The Bertz CT molecular complexity index is 189. The molecule has 82 valence electrons. The standard InChI is InChI=1S/C10H18O2S2/c1-10(13-7-8-14-10)6-4-2-3-5-9(11)12/h2-8H2,1H3,(H,11,12). The van der Waals surface area contributed by atoms with Crippen LogP contribution in [0.3, 0.4) is 0 Å². The fourth-order valence-corrected chi connectivity index (χ4v) is 4.54. The highest BCUT2D eigenvalue weighted by atomic mass is 32.2. The Kier molecular flexibility index (Phi) is 5.17. The molecule has 1 aliphatic rings. The second-order valence-electron chi connectivity index (χ2n) is 3.79. The Hall–Kier alpha value is 0.170. The van der Waals surface area contributed by atoms with Crippen molar-refractivity contribution in [3.63, 3.8) is 0 Å². The average molecular weight is 234 g/mol. The number of thioether (sulfide) groups is 2. The van der Waals surface area contributed by atoms with Crippen molar-refractivity contribution in [2.75, 3.05) is 11.5 Å². The maximum absolute atomic E-state index is 10.3. The van der Waals surface area contributed by atoms with Crippen molar-refractivity contribution in [3.8, 4) is 0 Å². The fourth-order valence-electron chi connectivity index (χ4n) is 1.60. The lowest BCUT2D eigenvalue weighted by molar-refractivity contribution is -0.137. The van der Waals surface area contributed by atoms with Gasteiger partial charge in [-0.2, -0.15) is 0 Å². The molecular weight excluding hydrogens is 216 g/mol. The molecule has 1 heterocycles. The van der Waals surface area contributed by atoms with E-state index < -0.39 is 5.97 Å². The maximum atomic E-state index is 10.3. The minimum absolute atomic E-state index is 0.330. The number of hydrogen-bond donors (Lipinski definition) is 1. The van der Waals surface area contributed by atoms with Gasteiger partial charge in [0, 0.05) is 17.9 Å². The third kappa shape index (κ3) is 4.60. The molecule has 1 aliphatic heterocycles. The van der Waals surface area contributed by atoms with Gasteiger partial charge in [0.1, 0.15) is 0 Å². The first-order valence-corrected chi connectivity index (χ1v) is 7.09. The largest absolute Gasteiger partial charge is 0.481 e. The van der Waals surface area contributed by atoms with Crippen molar-refractivity contribution >= 4 is 29.5 Å². The lowest BCUT2D eigenvalue weighted by Gasteiger charge is -2.21. The molecule has 4 heteroatoms. The van der Waals surface area contributed by atoms with Crippen LogP contribution in [0, 0.1) is 0 Å². The van der Waals surface area contributed by atoms with Crippen LogP contribution in [0.15, 0.2) is 0 Å². The number of unbranched alkanes of at least 4 members (excludes halogenated alkanes) is 2. The van der Waals surface area contributed by atoms with Crippen molar-refractivity contribution in [3.05, 3.63) is 0 Å². The summed E-state index contributed by atoms with van der Waals surface area (Å²) < 4.78 is 0.420. The number of carboxylic acid groups (broad SMARTS) is 1. The SMILES string of the molecule is CC1(CCCCCC(=O)O)SCCS1. The molecule has 14 heavy (non-hydrogen) atoms. The van der Waals surface area contributed by atoms with Gasteiger partial charge in [-0.05, 0) is 19.8 Å². The van der Waals surface area contributed by atoms with E-state index in [1.165, 1.54) is 24.3 Å².